The van der Waals surface area contributed by atoms with Crippen LogP contribution in [0.25, 0.3) is 11.0 Å². The van der Waals surface area contributed by atoms with E-state index in [4.69, 9.17) is 4.98 Å². The van der Waals surface area contributed by atoms with Crippen LogP contribution in [0.4, 0.5) is 5.69 Å². The van der Waals surface area contributed by atoms with E-state index in [1.807, 2.05) is 18.2 Å². The van der Waals surface area contributed by atoms with Crippen molar-refractivity contribution in [2.75, 3.05) is 25.0 Å². The molecule has 5 nitrogen and oxygen atoms in total. The van der Waals surface area contributed by atoms with Gasteiger partial charge in [-0.2, -0.15) is 0 Å². The highest BCUT2D eigenvalue weighted by atomic mass is 16.1. The van der Waals surface area contributed by atoms with Crippen LogP contribution in [-0.4, -0.2) is 40.0 Å². The lowest BCUT2D eigenvalue weighted by atomic mass is 10.2. The predicted octanol–water partition coefficient (Wildman–Crippen LogP) is 2.17. The molecule has 2 aromatic rings. The third-order valence-corrected chi connectivity index (χ3v) is 4.14. The van der Waals surface area contributed by atoms with Crippen LogP contribution < -0.4 is 5.32 Å². The van der Waals surface area contributed by atoms with E-state index in [2.05, 4.69) is 21.8 Å². The lowest BCUT2D eigenvalue weighted by molar-refractivity contribution is -0.114. The lowest BCUT2D eigenvalue weighted by Crippen LogP contribution is -2.22. The number of aromatic nitrogens is 2. The Labute approximate surface area is 125 Å². The Morgan fingerprint density at radius 1 is 1.33 bits per heavy atom. The van der Waals surface area contributed by atoms with Crippen molar-refractivity contribution < 1.29 is 4.79 Å². The van der Waals surface area contributed by atoms with Gasteiger partial charge in [0.05, 0.1) is 11.0 Å². The van der Waals surface area contributed by atoms with Gasteiger partial charge in [-0.05, 0) is 44.1 Å². The van der Waals surface area contributed by atoms with Crippen LogP contribution in [0.3, 0.4) is 0 Å². The third kappa shape index (κ3) is 3.08. The van der Waals surface area contributed by atoms with Crippen LogP contribution in [0.15, 0.2) is 18.2 Å². The predicted molar refractivity (Wildman–Crippen MR) is 84.4 cm³/mol. The minimum Gasteiger partial charge on any atom is -0.331 e. The second kappa shape index (κ2) is 5.85. The quantitative estimate of drug-likeness (QED) is 0.937. The Morgan fingerprint density at radius 3 is 2.81 bits per heavy atom. The largest absolute Gasteiger partial charge is 0.331 e. The average Bonchev–Trinajstić information content (AvgIpc) is 3.04. The Balaban J connectivity index is 1.79. The number of likely N-dealkylation sites (tertiary alicyclic amines) is 1. The van der Waals surface area contributed by atoms with Gasteiger partial charge in [-0.15, -0.1) is 0 Å². The SMILES string of the molecule is CC(=O)Nc1ccc2c(c1)nc(CCN1CCCC1)n2C. The summed E-state index contributed by atoms with van der Waals surface area (Å²) in [6.07, 6.45) is 3.62. The van der Waals surface area contributed by atoms with Gasteiger partial charge in [-0.1, -0.05) is 0 Å². The van der Waals surface area contributed by atoms with Crippen molar-refractivity contribution in [1.82, 2.24) is 14.5 Å². The molecule has 3 rings (SSSR count). The summed E-state index contributed by atoms with van der Waals surface area (Å²) in [5.74, 6) is 1.05. The number of imidazole rings is 1. The number of fused-ring (bicyclic) bond motifs is 1. The topological polar surface area (TPSA) is 50.2 Å². The molecule has 1 amide bonds. The van der Waals surface area contributed by atoms with Crippen LogP contribution in [0, 0.1) is 0 Å². The van der Waals surface area contributed by atoms with Gasteiger partial charge in [-0.25, -0.2) is 4.98 Å². The highest BCUT2D eigenvalue weighted by Gasteiger charge is 2.14. The number of anilines is 1. The summed E-state index contributed by atoms with van der Waals surface area (Å²) in [7, 11) is 2.06. The van der Waals surface area contributed by atoms with E-state index in [-0.39, 0.29) is 5.91 Å². The Kier molecular flexibility index (Phi) is 3.92. The van der Waals surface area contributed by atoms with E-state index in [0.717, 1.165) is 35.5 Å². The maximum atomic E-state index is 11.1. The molecule has 1 aromatic carbocycles. The molecule has 0 saturated carbocycles. The number of rotatable bonds is 4. The number of hydrogen-bond acceptors (Lipinski definition) is 3. The van der Waals surface area contributed by atoms with E-state index in [1.54, 1.807) is 0 Å². The molecule has 1 aliphatic heterocycles. The van der Waals surface area contributed by atoms with Gasteiger partial charge < -0.3 is 14.8 Å². The molecular weight excluding hydrogens is 264 g/mol. The molecule has 1 saturated heterocycles. The second-order valence-corrected chi connectivity index (χ2v) is 5.77. The molecule has 1 aromatic heterocycles. The van der Waals surface area contributed by atoms with Crippen LogP contribution in [0.2, 0.25) is 0 Å². The molecule has 0 atom stereocenters. The maximum absolute atomic E-state index is 11.1. The standard InChI is InChI=1S/C16H22N4O/c1-12(21)17-13-5-6-15-14(11-13)18-16(19(15)2)7-10-20-8-3-4-9-20/h5-6,11H,3-4,7-10H2,1-2H3,(H,17,21). The van der Waals surface area contributed by atoms with Crippen molar-refractivity contribution >= 4 is 22.6 Å². The molecule has 1 fully saturated rings. The van der Waals surface area contributed by atoms with Crippen LogP contribution in [0.5, 0.6) is 0 Å². The zero-order valence-electron chi connectivity index (χ0n) is 12.7. The van der Waals surface area contributed by atoms with Gasteiger partial charge in [0, 0.05) is 32.6 Å². The van der Waals surface area contributed by atoms with E-state index in [0.29, 0.717) is 0 Å². The van der Waals surface area contributed by atoms with Crippen molar-refractivity contribution in [2.45, 2.75) is 26.2 Å². The first-order valence-electron chi connectivity index (χ1n) is 7.59. The molecule has 0 spiro atoms. The number of hydrogen-bond donors (Lipinski definition) is 1. The molecule has 1 aliphatic rings. The highest BCUT2D eigenvalue weighted by Crippen LogP contribution is 2.20. The maximum Gasteiger partial charge on any atom is 0.221 e. The summed E-state index contributed by atoms with van der Waals surface area (Å²) in [4.78, 5) is 18.4. The molecule has 112 valence electrons. The zero-order valence-corrected chi connectivity index (χ0v) is 12.7. The minimum absolute atomic E-state index is 0.0560. The number of amides is 1. The zero-order chi connectivity index (χ0) is 14.8. The summed E-state index contributed by atoms with van der Waals surface area (Å²) in [5, 5.41) is 2.81. The third-order valence-electron chi connectivity index (χ3n) is 4.14. The highest BCUT2D eigenvalue weighted by molar-refractivity contribution is 5.91. The van der Waals surface area contributed by atoms with E-state index >= 15 is 0 Å². The molecule has 1 N–H and O–H groups in total. The van der Waals surface area contributed by atoms with Gasteiger partial charge in [0.15, 0.2) is 0 Å². The molecule has 2 heterocycles. The molecule has 5 heteroatoms. The summed E-state index contributed by atoms with van der Waals surface area (Å²) in [5.41, 5.74) is 2.86. The average molecular weight is 286 g/mol. The van der Waals surface area contributed by atoms with Crippen molar-refractivity contribution in [1.29, 1.82) is 0 Å². The number of benzene rings is 1. The number of carbonyl (C=O) groups is 1. The first-order valence-corrected chi connectivity index (χ1v) is 7.59. The smallest absolute Gasteiger partial charge is 0.221 e. The van der Waals surface area contributed by atoms with Crippen LogP contribution >= 0.6 is 0 Å². The monoisotopic (exact) mass is 286 g/mol. The molecule has 0 bridgehead atoms. The normalized spacial score (nSPS) is 15.7. The summed E-state index contributed by atoms with van der Waals surface area (Å²) < 4.78 is 2.16. The van der Waals surface area contributed by atoms with Gasteiger partial charge in [0.1, 0.15) is 5.82 Å². The minimum atomic E-state index is -0.0560. The molecular formula is C16H22N4O. The Hall–Kier alpha value is -1.88. The van der Waals surface area contributed by atoms with Gasteiger partial charge in [0.2, 0.25) is 5.91 Å². The van der Waals surface area contributed by atoms with E-state index in [1.165, 1.54) is 32.9 Å². The fourth-order valence-electron chi connectivity index (χ4n) is 3.02. The first kappa shape index (κ1) is 14.1. The number of aryl methyl sites for hydroxylation is 1. The molecule has 21 heavy (non-hydrogen) atoms. The molecule has 0 radical (unpaired) electrons. The lowest BCUT2D eigenvalue weighted by Gasteiger charge is -2.13. The van der Waals surface area contributed by atoms with Crippen molar-refractivity contribution in [3.8, 4) is 0 Å². The first-order chi connectivity index (χ1) is 10.1. The van der Waals surface area contributed by atoms with Gasteiger partial charge in [-0.3, -0.25) is 4.79 Å². The fraction of sp³-hybridized carbons (Fsp3) is 0.500. The number of nitrogens with zero attached hydrogens (tertiary/aromatic N) is 3. The van der Waals surface area contributed by atoms with E-state index < -0.39 is 0 Å². The summed E-state index contributed by atoms with van der Waals surface area (Å²) >= 11 is 0. The second-order valence-electron chi connectivity index (χ2n) is 5.77. The van der Waals surface area contributed by atoms with Gasteiger partial charge >= 0.3 is 0 Å². The van der Waals surface area contributed by atoms with Gasteiger partial charge in [0.25, 0.3) is 0 Å². The van der Waals surface area contributed by atoms with Crippen molar-refractivity contribution in [3.63, 3.8) is 0 Å². The summed E-state index contributed by atoms with van der Waals surface area (Å²) in [6, 6.07) is 5.89. The van der Waals surface area contributed by atoms with Crippen LogP contribution in [0.1, 0.15) is 25.6 Å². The summed E-state index contributed by atoms with van der Waals surface area (Å²) in [6.45, 7) is 5.03. The van der Waals surface area contributed by atoms with E-state index in [9.17, 15) is 4.79 Å². The fourth-order valence-corrected chi connectivity index (χ4v) is 3.02. The van der Waals surface area contributed by atoms with Crippen molar-refractivity contribution in [3.05, 3.63) is 24.0 Å². The number of nitrogens with one attached hydrogen (secondary N) is 1. The molecule has 0 unspecified atom stereocenters. The Morgan fingerprint density at radius 2 is 2.10 bits per heavy atom. The number of carbonyl (C=O) groups excluding carboxylic acids is 1. The van der Waals surface area contributed by atoms with Crippen LogP contribution in [-0.2, 0) is 18.3 Å². The Bertz CT molecular complexity index is 656. The molecule has 0 aliphatic carbocycles. The van der Waals surface area contributed by atoms with Crippen molar-refractivity contribution in [2.24, 2.45) is 7.05 Å².